The van der Waals surface area contributed by atoms with Crippen molar-refractivity contribution in [2.24, 2.45) is 0 Å². The minimum atomic E-state index is -0.826. The van der Waals surface area contributed by atoms with Gasteiger partial charge in [-0.05, 0) is 69.2 Å². The molecule has 0 aliphatic carbocycles. The molecule has 0 atom stereocenters. The van der Waals surface area contributed by atoms with E-state index in [0.29, 0.717) is 11.8 Å². The second-order valence-electron chi connectivity index (χ2n) is 17.8. The topological polar surface area (TPSA) is 0 Å². The molecule has 2 radical (unpaired) electrons. The largest absolute Gasteiger partial charge is 0.184 e. The fraction of sp³-hybridized carbons (Fsp3) is 0.156. The third-order valence-electron chi connectivity index (χ3n) is 12.9. The van der Waals surface area contributed by atoms with Crippen LogP contribution in [0.3, 0.4) is 0 Å². The van der Waals surface area contributed by atoms with E-state index < -0.39 is 20.8 Å². The summed E-state index contributed by atoms with van der Waals surface area (Å²) in [5, 5.41) is 8.25. The number of benzene rings is 8. The molecule has 0 aromatic heterocycles. The average Bonchev–Trinajstić information content (AvgIpc) is 4.12. The summed E-state index contributed by atoms with van der Waals surface area (Å²) in [6.45, 7) is 13.6. The molecule has 0 amide bonds. The predicted molar refractivity (Wildman–Crippen MR) is 295 cm³/mol. The van der Waals surface area contributed by atoms with Crippen LogP contribution in [0.4, 0.5) is 0 Å². The molecule has 0 saturated carbocycles. The number of hydrogen-bond donors (Lipinski definition) is 0. The predicted octanol–water partition coefficient (Wildman–Crippen LogP) is 17.7. The van der Waals surface area contributed by atoms with E-state index in [1.165, 1.54) is 110 Å². The van der Waals surface area contributed by atoms with Gasteiger partial charge >= 0.3 is 37.9 Å². The van der Waals surface area contributed by atoms with Gasteiger partial charge in [-0.2, -0.15) is 41.6 Å². The molecule has 338 valence electrons. The van der Waals surface area contributed by atoms with Crippen LogP contribution >= 0.6 is 17.0 Å². The Kier molecular flexibility index (Phi) is 16.8. The maximum atomic E-state index is 4.93. The summed E-state index contributed by atoms with van der Waals surface area (Å²) in [4.78, 5) is 0. The Bertz CT molecular complexity index is 3010. The molecule has 0 spiro atoms. The van der Waals surface area contributed by atoms with Gasteiger partial charge in [0.05, 0.1) is 9.52 Å². The zero-order valence-electron chi connectivity index (χ0n) is 39.9. The average molecular weight is 1020 g/mol. The molecule has 0 fully saturated rings. The van der Waals surface area contributed by atoms with Gasteiger partial charge in [0.25, 0.3) is 0 Å². The number of aryl methyl sites for hydroxylation is 2. The summed E-state index contributed by atoms with van der Waals surface area (Å²) in [7, 11) is 10.7. The Hall–Kier alpha value is -5.34. The fourth-order valence-corrected chi connectivity index (χ4v) is 10.9. The van der Waals surface area contributed by atoms with E-state index in [4.69, 9.17) is 17.0 Å². The molecule has 4 heteroatoms. The standard InChI is InChI=1S/2C26H25.C12H7Si.2ClH.Zr/c2*1-4-19-16-21-14-15-23(20-10-6-5-7-11-20)26(25(21)17-19)24-13-9-8-12-22(24)18(2)3;1-3-7-11-9(5-1)10-6-2-4-8-12(10)13-11;;;/h2*5-18H,4H2,1-3H3;1-7H;2*1H;/q3*-1;;;+2/p-2. The Labute approximate surface area is 426 Å². The number of rotatable bonds is 8. The molecule has 0 saturated heterocycles. The smallest absolute Gasteiger partial charge is 0.0920 e. The summed E-state index contributed by atoms with van der Waals surface area (Å²) < 4.78 is 0. The molecule has 1 aliphatic heterocycles. The van der Waals surface area contributed by atoms with Gasteiger partial charge in [0, 0.05) is 0 Å². The summed E-state index contributed by atoms with van der Waals surface area (Å²) in [6.07, 6.45) is 2.14. The van der Waals surface area contributed by atoms with Gasteiger partial charge in [-0.15, -0.1) is 62.5 Å². The van der Waals surface area contributed by atoms with Gasteiger partial charge in [-0.1, -0.05) is 209 Å². The van der Waals surface area contributed by atoms with Crippen LogP contribution in [-0.2, 0) is 33.7 Å². The second-order valence-corrected chi connectivity index (χ2v) is 22.9. The maximum absolute atomic E-state index is 4.93. The van der Waals surface area contributed by atoms with E-state index in [1.54, 1.807) is 0 Å². The third-order valence-corrected chi connectivity index (χ3v) is 14.3. The first kappa shape index (κ1) is 49.1. The normalized spacial score (nSPS) is 11.3. The van der Waals surface area contributed by atoms with Gasteiger partial charge in [-0.3, -0.25) is 0 Å². The van der Waals surface area contributed by atoms with Gasteiger partial charge in [-0.25, -0.2) is 0 Å². The molecule has 0 unspecified atom stereocenters. The number of halogens is 2. The minimum absolute atomic E-state index is 0.491. The van der Waals surface area contributed by atoms with Crippen molar-refractivity contribution in [1.29, 1.82) is 0 Å². The molecule has 68 heavy (non-hydrogen) atoms. The van der Waals surface area contributed by atoms with Crippen molar-refractivity contribution in [1.82, 2.24) is 0 Å². The van der Waals surface area contributed by atoms with Crippen molar-refractivity contribution in [3.05, 3.63) is 229 Å². The Morgan fingerprint density at radius 2 is 0.882 bits per heavy atom. The first-order valence-electron chi connectivity index (χ1n) is 23.8. The van der Waals surface area contributed by atoms with Crippen LogP contribution in [0, 0.1) is 6.07 Å². The third kappa shape index (κ3) is 10.9. The summed E-state index contributed by atoms with van der Waals surface area (Å²) in [5.41, 5.74) is 19.1. The molecule has 10 aromatic carbocycles. The van der Waals surface area contributed by atoms with Gasteiger partial charge in [0.15, 0.2) is 0 Å². The van der Waals surface area contributed by atoms with E-state index in [-0.39, 0.29) is 0 Å². The van der Waals surface area contributed by atoms with Crippen LogP contribution in [0.5, 0.6) is 0 Å². The van der Waals surface area contributed by atoms with E-state index in [9.17, 15) is 0 Å². The zero-order valence-corrected chi connectivity index (χ0v) is 44.8. The van der Waals surface area contributed by atoms with Crippen LogP contribution < -0.4 is 10.4 Å². The van der Waals surface area contributed by atoms with Crippen LogP contribution in [0.15, 0.2) is 200 Å². The fourth-order valence-electron chi connectivity index (χ4n) is 9.58. The van der Waals surface area contributed by atoms with Gasteiger partial charge in [0.2, 0.25) is 0 Å². The summed E-state index contributed by atoms with van der Waals surface area (Å²) >= 11 is -0.826. The van der Waals surface area contributed by atoms with Crippen molar-refractivity contribution in [2.75, 3.05) is 0 Å². The SMILES string of the molecule is CCc1cc2c(-c3ccccc3C(C)C)c(-c3ccccc3)ccc2[cH-]1.CCc1cc2c(-c3ccccc3C(C)C)c(-c3ccccc3)ccc2[cH-]1.[Cl][Zr][Cl].[c-]1cccc2c1[Si]c1ccccc1-2. The first-order valence-corrected chi connectivity index (χ1v) is 31.1. The molecule has 0 bridgehead atoms. The van der Waals surface area contributed by atoms with Crippen LogP contribution in [0.1, 0.15) is 75.6 Å². The maximum Gasteiger partial charge on any atom is 0.0920 e. The molecule has 1 heterocycles. The Balaban J connectivity index is 0.000000140. The molecular weight excluding hydrogens is 959 g/mol. The van der Waals surface area contributed by atoms with E-state index in [0.717, 1.165) is 22.4 Å². The van der Waals surface area contributed by atoms with Crippen molar-refractivity contribution >= 4 is 58.5 Å². The van der Waals surface area contributed by atoms with Crippen LogP contribution in [0.2, 0.25) is 0 Å². The second kappa shape index (κ2) is 23.3. The van der Waals surface area contributed by atoms with Crippen LogP contribution in [-0.4, -0.2) is 9.52 Å². The number of hydrogen-bond acceptors (Lipinski definition) is 0. The molecule has 0 N–H and O–H groups in total. The van der Waals surface area contributed by atoms with Crippen LogP contribution in [0.25, 0.3) is 77.2 Å². The Morgan fingerprint density at radius 1 is 0.471 bits per heavy atom. The minimum Gasteiger partial charge on any atom is -0.184 e. The molecule has 0 nitrogen and oxygen atoms in total. The molecule has 11 rings (SSSR count). The molecule has 1 aliphatic rings. The quantitative estimate of drug-likeness (QED) is 0.105. The van der Waals surface area contributed by atoms with E-state index in [1.807, 2.05) is 6.07 Å². The Morgan fingerprint density at radius 3 is 1.34 bits per heavy atom. The molecular formula is C64H57Cl2SiZr-3. The first-order chi connectivity index (χ1) is 33.2. The molecule has 10 aromatic rings. The number of fused-ring (bicyclic) bond motifs is 5. The van der Waals surface area contributed by atoms with Crippen molar-refractivity contribution in [2.45, 2.75) is 66.2 Å². The van der Waals surface area contributed by atoms with E-state index in [2.05, 4.69) is 242 Å². The summed E-state index contributed by atoms with van der Waals surface area (Å²) in [6, 6.07) is 76.1. The van der Waals surface area contributed by atoms with Gasteiger partial charge < -0.3 is 0 Å². The van der Waals surface area contributed by atoms with Crippen molar-refractivity contribution < 1.29 is 20.8 Å². The van der Waals surface area contributed by atoms with E-state index >= 15 is 0 Å². The van der Waals surface area contributed by atoms with Crippen molar-refractivity contribution in [3.63, 3.8) is 0 Å². The monoisotopic (exact) mass is 1010 g/mol. The van der Waals surface area contributed by atoms with Crippen molar-refractivity contribution in [3.8, 4) is 55.6 Å². The van der Waals surface area contributed by atoms with Gasteiger partial charge in [0.1, 0.15) is 0 Å². The summed E-state index contributed by atoms with van der Waals surface area (Å²) in [5.74, 6) is 0.983. The zero-order chi connectivity index (χ0) is 47.6.